The van der Waals surface area contributed by atoms with Crippen LogP contribution in [0.3, 0.4) is 0 Å². The van der Waals surface area contributed by atoms with E-state index in [4.69, 9.17) is 4.74 Å². The number of rotatable bonds is 3. The van der Waals surface area contributed by atoms with Crippen molar-refractivity contribution in [2.24, 2.45) is 23.7 Å². The number of halogens is 2. The number of allylic oxidation sites excluding steroid dienone is 1. The third-order valence-corrected chi connectivity index (χ3v) is 13.0. The quantitative estimate of drug-likeness (QED) is 0.444. The molecule has 250 valence electrons. The van der Waals surface area contributed by atoms with Crippen molar-refractivity contribution in [1.82, 2.24) is 30.7 Å². The Bertz CT molecular complexity index is 1190. The van der Waals surface area contributed by atoms with E-state index in [0.29, 0.717) is 31.4 Å². The van der Waals surface area contributed by atoms with E-state index in [1.165, 1.54) is 0 Å². The smallest absolute Gasteiger partial charge is 0.320 e. The number of piperidine rings is 2. The largest absolute Gasteiger partial charge is 0.378 e. The highest BCUT2D eigenvalue weighted by molar-refractivity contribution is 5.95. The lowest BCUT2D eigenvalue weighted by atomic mass is 9.72. The zero-order valence-corrected chi connectivity index (χ0v) is 26.9. The minimum absolute atomic E-state index is 0.0573. The predicted molar refractivity (Wildman–Crippen MR) is 166 cm³/mol. The fraction of sp³-hybridized carbons (Fsp3) is 0.882. The van der Waals surface area contributed by atoms with Crippen LogP contribution in [0.25, 0.3) is 0 Å². The number of fused-ring (bicyclic) bond motifs is 6. The number of nitrogens with zero attached hydrogens (tertiary/aromatic N) is 3. The van der Waals surface area contributed by atoms with Gasteiger partial charge in [-0.1, -0.05) is 19.9 Å². The van der Waals surface area contributed by atoms with Gasteiger partial charge in [-0.15, -0.1) is 0 Å². The van der Waals surface area contributed by atoms with Crippen molar-refractivity contribution in [2.45, 2.75) is 139 Å². The molecule has 0 aromatic rings. The van der Waals surface area contributed by atoms with E-state index < -0.39 is 30.5 Å². The highest BCUT2D eigenvalue weighted by Gasteiger charge is 2.60. The van der Waals surface area contributed by atoms with Crippen LogP contribution < -0.4 is 16.0 Å². The summed E-state index contributed by atoms with van der Waals surface area (Å²) in [6.07, 6.45) is 6.32. The maximum absolute atomic E-state index is 16.6. The summed E-state index contributed by atoms with van der Waals surface area (Å²) in [4.78, 5) is 34.0. The number of amides is 3. The Morgan fingerprint density at radius 2 is 1.89 bits per heavy atom. The molecule has 9 nitrogen and oxygen atoms in total. The molecule has 8 rings (SSSR count). The maximum Gasteiger partial charge on any atom is 0.320 e. The summed E-state index contributed by atoms with van der Waals surface area (Å²) in [6, 6.07) is -0.453. The van der Waals surface area contributed by atoms with Crippen LogP contribution in [0.1, 0.15) is 78.1 Å². The molecular formula is C34H52F2N6O3. The molecule has 1 saturated carbocycles. The fourth-order valence-electron chi connectivity index (χ4n) is 10.6. The summed E-state index contributed by atoms with van der Waals surface area (Å²) in [5, 5.41) is 10.8. The molecule has 6 heterocycles. The SMILES string of the molecule is CC(C)C1NCCC2CCCOC3CCCC(F)C3C3NC4C(CC3F)C(N3CCC5C3CN5C(=O)C3=CCC3)NC(=O)N4C21. The number of urea groups is 1. The van der Waals surface area contributed by atoms with E-state index in [-0.39, 0.29) is 60.7 Å². The Kier molecular flexibility index (Phi) is 8.14. The average Bonchev–Trinajstić information content (AvgIpc) is 3.29. The molecule has 2 aliphatic carbocycles. The lowest BCUT2D eigenvalue weighted by molar-refractivity contribution is -0.142. The van der Waals surface area contributed by atoms with Crippen molar-refractivity contribution >= 4 is 11.9 Å². The molecule has 45 heavy (non-hydrogen) atoms. The van der Waals surface area contributed by atoms with E-state index in [1.807, 2.05) is 15.9 Å². The molecule has 6 aliphatic heterocycles. The van der Waals surface area contributed by atoms with E-state index in [2.05, 4.69) is 34.7 Å². The van der Waals surface area contributed by atoms with Crippen LogP contribution in [0, 0.1) is 23.7 Å². The minimum atomic E-state index is -1.24. The molecule has 0 spiro atoms. The first kappa shape index (κ1) is 30.5. The van der Waals surface area contributed by atoms with Gasteiger partial charge in [0.2, 0.25) is 5.91 Å². The molecule has 6 saturated heterocycles. The Morgan fingerprint density at radius 1 is 1.04 bits per heavy atom. The first-order chi connectivity index (χ1) is 21.8. The summed E-state index contributed by atoms with van der Waals surface area (Å²) < 4.78 is 38.8. The topological polar surface area (TPSA) is 89.2 Å². The monoisotopic (exact) mass is 630 g/mol. The van der Waals surface area contributed by atoms with Crippen molar-refractivity contribution in [3.05, 3.63) is 11.6 Å². The second-order valence-electron chi connectivity index (χ2n) is 15.6. The molecule has 7 fully saturated rings. The molecule has 13 unspecified atom stereocenters. The van der Waals surface area contributed by atoms with Gasteiger partial charge < -0.3 is 25.2 Å². The molecule has 3 N–H and O–H groups in total. The van der Waals surface area contributed by atoms with Gasteiger partial charge >= 0.3 is 6.03 Å². The zero-order chi connectivity index (χ0) is 31.0. The first-order valence-electron chi connectivity index (χ1n) is 18.1. The number of likely N-dealkylation sites (tertiary alicyclic amines) is 2. The van der Waals surface area contributed by atoms with Crippen LogP contribution >= 0.6 is 0 Å². The van der Waals surface area contributed by atoms with Crippen LogP contribution in [0.15, 0.2) is 11.6 Å². The third-order valence-electron chi connectivity index (χ3n) is 13.0. The Hall–Kier alpha value is -1.82. The van der Waals surface area contributed by atoms with Crippen LogP contribution in [0.2, 0.25) is 0 Å². The summed E-state index contributed by atoms with van der Waals surface area (Å²) in [5.41, 5.74) is 0.927. The van der Waals surface area contributed by atoms with Crippen LogP contribution in [0.4, 0.5) is 13.6 Å². The van der Waals surface area contributed by atoms with Gasteiger partial charge in [0.1, 0.15) is 12.3 Å². The number of hydrogen-bond acceptors (Lipinski definition) is 6. The third kappa shape index (κ3) is 5.05. The highest BCUT2D eigenvalue weighted by atomic mass is 19.1. The Balaban J connectivity index is 1.13. The van der Waals surface area contributed by atoms with Gasteiger partial charge in [-0.2, -0.15) is 0 Å². The van der Waals surface area contributed by atoms with Gasteiger partial charge in [0.25, 0.3) is 0 Å². The number of nitrogens with one attached hydrogen (secondary N) is 3. The van der Waals surface area contributed by atoms with Crippen LogP contribution in [0.5, 0.6) is 0 Å². The van der Waals surface area contributed by atoms with Crippen LogP contribution in [-0.4, -0.2) is 114 Å². The van der Waals surface area contributed by atoms with E-state index >= 15 is 8.78 Å². The molecule has 0 aromatic heterocycles. The van der Waals surface area contributed by atoms with Gasteiger partial charge in [0.05, 0.1) is 30.5 Å². The van der Waals surface area contributed by atoms with Crippen LogP contribution in [-0.2, 0) is 9.53 Å². The summed E-state index contributed by atoms with van der Waals surface area (Å²) in [7, 11) is 0. The fourth-order valence-corrected chi connectivity index (χ4v) is 10.6. The Morgan fingerprint density at radius 3 is 2.67 bits per heavy atom. The normalized spacial score (nSPS) is 46.7. The maximum atomic E-state index is 16.6. The van der Waals surface area contributed by atoms with Crippen molar-refractivity contribution < 1.29 is 23.1 Å². The molecule has 0 aromatic carbocycles. The second-order valence-corrected chi connectivity index (χ2v) is 15.6. The van der Waals surface area contributed by atoms with E-state index in [1.54, 1.807) is 0 Å². The van der Waals surface area contributed by atoms with Crippen molar-refractivity contribution in [2.75, 3.05) is 26.2 Å². The van der Waals surface area contributed by atoms with Gasteiger partial charge in [-0.05, 0) is 82.6 Å². The van der Waals surface area contributed by atoms with E-state index in [9.17, 15) is 9.59 Å². The van der Waals surface area contributed by atoms with Crippen molar-refractivity contribution in [3.8, 4) is 0 Å². The molecule has 11 heteroatoms. The van der Waals surface area contributed by atoms with Gasteiger partial charge in [-0.3, -0.25) is 15.0 Å². The number of ether oxygens (including phenoxy) is 1. The summed E-state index contributed by atoms with van der Waals surface area (Å²) >= 11 is 0. The average molecular weight is 631 g/mol. The lowest BCUT2D eigenvalue weighted by Gasteiger charge is -2.60. The summed E-state index contributed by atoms with van der Waals surface area (Å²) in [5.74, 6) is -0.00272. The molecule has 8 aliphatic rings. The number of carbonyl (C=O) groups is 2. The number of hydrogen-bond donors (Lipinski definition) is 3. The summed E-state index contributed by atoms with van der Waals surface area (Å²) in [6.45, 7) is 7.30. The van der Waals surface area contributed by atoms with Gasteiger partial charge in [0, 0.05) is 55.2 Å². The first-order valence-corrected chi connectivity index (χ1v) is 18.1. The minimum Gasteiger partial charge on any atom is -0.378 e. The zero-order valence-electron chi connectivity index (χ0n) is 26.9. The van der Waals surface area contributed by atoms with Gasteiger partial charge in [0.15, 0.2) is 0 Å². The molecule has 3 amide bonds. The van der Waals surface area contributed by atoms with E-state index in [0.717, 1.165) is 70.0 Å². The standard InChI is InChI=1S/C34H52F2N6O3/c1-18(2)28-30-19(11-13-37-28)8-5-15-45-26-10-4-9-22(35)27(26)29-23(36)16-21-31(39-34(44)42(30)32(21)38-29)40-14-12-24-25(40)17-41(24)33(43)20-6-3-7-20/h6,18-19,21-32,37-38H,3-5,7-17H2,1-2H3,(H,39,44). The molecule has 0 radical (unpaired) electrons. The molecule has 13 atom stereocenters. The second kappa shape index (κ2) is 12.0. The van der Waals surface area contributed by atoms with Crippen molar-refractivity contribution in [3.63, 3.8) is 0 Å². The number of carbonyl (C=O) groups excluding carboxylic acids is 2. The number of alkyl halides is 2. The lowest BCUT2D eigenvalue weighted by Crippen LogP contribution is -2.80. The molecule has 2 bridgehead atoms. The molecular weight excluding hydrogens is 578 g/mol. The predicted octanol–water partition coefficient (Wildman–Crippen LogP) is 3.31. The Labute approximate surface area is 266 Å². The van der Waals surface area contributed by atoms with Gasteiger partial charge in [-0.25, -0.2) is 13.6 Å². The highest BCUT2D eigenvalue weighted by Crippen LogP contribution is 2.45. The van der Waals surface area contributed by atoms with Crippen molar-refractivity contribution in [1.29, 1.82) is 0 Å².